The van der Waals surface area contributed by atoms with Crippen LogP contribution in [-0.4, -0.2) is 32.3 Å². The van der Waals surface area contributed by atoms with Crippen LogP contribution >= 0.6 is 11.6 Å². The molecule has 0 bridgehead atoms. The molecule has 0 radical (unpaired) electrons. The van der Waals surface area contributed by atoms with Crippen LogP contribution in [0, 0.1) is 0 Å². The van der Waals surface area contributed by atoms with Crippen LogP contribution in [-0.2, 0) is 21.4 Å². The SMILES string of the molecule is CC(=O)N(CCNS(=O)(=O)c1cccc(Cl)c1)Cc1ccccc1. The topological polar surface area (TPSA) is 66.5 Å². The summed E-state index contributed by atoms with van der Waals surface area (Å²) in [5.41, 5.74) is 0.991. The van der Waals surface area contributed by atoms with E-state index in [9.17, 15) is 13.2 Å². The molecule has 0 atom stereocenters. The van der Waals surface area contributed by atoms with Gasteiger partial charge in [-0.05, 0) is 23.8 Å². The molecule has 0 saturated heterocycles. The average molecular weight is 367 g/mol. The minimum Gasteiger partial charge on any atom is -0.337 e. The van der Waals surface area contributed by atoms with Gasteiger partial charge in [-0.25, -0.2) is 13.1 Å². The molecule has 24 heavy (non-hydrogen) atoms. The number of nitrogens with zero attached hydrogens (tertiary/aromatic N) is 1. The van der Waals surface area contributed by atoms with Gasteiger partial charge in [0.1, 0.15) is 0 Å². The number of rotatable bonds is 7. The van der Waals surface area contributed by atoms with Crippen molar-refractivity contribution in [2.45, 2.75) is 18.4 Å². The number of halogens is 1. The van der Waals surface area contributed by atoms with E-state index in [4.69, 9.17) is 11.6 Å². The molecule has 0 aliphatic rings. The van der Waals surface area contributed by atoms with Crippen LogP contribution in [0.2, 0.25) is 5.02 Å². The number of hydrogen-bond acceptors (Lipinski definition) is 3. The number of carbonyl (C=O) groups is 1. The summed E-state index contributed by atoms with van der Waals surface area (Å²) in [6, 6.07) is 15.6. The van der Waals surface area contributed by atoms with Gasteiger partial charge in [0.25, 0.3) is 0 Å². The zero-order valence-electron chi connectivity index (χ0n) is 13.3. The molecular weight excluding hydrogens is 348 g/mol. The molecule has 128 valence electrons. The summed E-state index contributed by atoms with van der Waals surface area (Å²) >= 11 is 5.82. The van der Waals surface area contributed by atoms with Crippen molar-refractivity contribution in [2.75, 3.05) is 13.1 Å². The number of amides is 1. The van der Waals surface area contributed by atoms with Gasteiger partial charge in [0.15, 0.2) is 0 Å². The number of carbonyl (C=O) groups excluding carboxylic acids is 1. The van der Waals surface area contributed by atoms with Crippen LogP contribution in [0.15, 0.2) is 59.5 Å². The predicted octanol–water partition coefficient (Wildman–Crippen LogP) is 2.67. The molecule has 0 unspecified atom stereocenters. The number of benzene rings is 2. The first-order chi connectivity index (χ1) is 11.4. The van der Waals surface area contributed by atoms with Gasteiger partial charge in [0, 0.05) is 31.6 Å². The number of nitrogens with one attached hydrogen (secondary N) is 1. The Morgan fingerprint density at radius 3 is 2.46 bits per heavy atom. The standard InChI is InChI=1S/C17H19ClN2O3S/c1-14(21)20(13-15-6-3-2-4-7-15)11-10-19-24(22,23)17-9-5-8-16(18)12-17/h2-9,12,19H,10-11,13H2,1H3. The highest BCUT2D eigenvalue weighted by Crippen LogP contribution is 2.15. The third kappa shape index (κ3) is 5.33. The molecule has 2 rings (SSSR count). The van der Waals surface area contributed by atoms with E-state index in [1.54, 1.807) is 17.0 Å². The van der Waals surface area contributed by atoms with Crippen LogP contribution < -0.4 is 4.72 Å². The largest absolute Gasteiger partial charge is 0.337 e. The summed E-state index contributed by atoms with van der Waals surface area (Å²) in [5, 5.41) is 0.354. The average Bonchev–Trinajstić information content (AvgIpc) is 2.54. The Kier molecular flexibility index (Phi) is 6.36. The summed E-state index contributed by atoms with van der Waals surface area (Å²) in [6.07, 6.45) is 0. The van der Waals surface area contributed by atoms with Crippen LogP contribution in [0.4, 0.5) is 0 Å². The number of hydrogen-bond donors (Lipinski definition) is 1. The van der Waals surface area contributed by atoms with Crippen molar-refractivity contribution in [3.8, 4) is 0 Å². The lowest BCUT2D eigenvalue weighted by Crippen LogP contribution is -2.37. The zero-order chi connectivity index (χ0) is 17.6. The molecule has 0 heterocycles. The molecule has 0 aromatic heterocycles. The van der Waals surface area contributed by atoms with Gasteiger partial charge in [-0.3, -0.25) is 4.79 Å². The molecule has 5 nitrogen and oxygen atoms in total. The Balaban J connectivity index is 1.96. The summed E-state index contributed by atoms with van der Waals surface area (Å²) in [6.45, 7) is 2.31. The second-order valence-electron chi connectivity index (χ2n) is 5.28. The van der Waals surface area contributed by atoms with Gasteiger partial charge in [-0.1, -0.05) is 48.0 Å². The normalized spacial score (nSPS) is 11.2. The maximum Gasteiger partial charge on any atom is 0.240 e. The molecule has 1 N–H and O–H groups in total. The highest BCUT2D eigenvalue weighted by atomic mass is 35.5. The first-order valence-electron chi connectivity index (χ1n) is 7.43. The lowest BCUT2D eigenvalue weighted by molar-refractivity contribution is -0.129. The smallest absolute Gasteiger partial charge is 0.240 e. The van der Waals surface area contributed by atoms with E-state index in [0.29, 0.717) is 11.6 Å². The van der Waals surface area contributed by atoms with E-state index in [2.05, 4.69) is 4.72 Å². The van der Waals surface area contributed by atoms with Crippen LogP contribution in [0.25, 0.3) is 0 Å². The van der Waals surface area contributed by atoms with Gasteiger partial charge >= 0.3 is 0 Å². The van der Waals surface area contributed by atoms with Crippen molar-refractivity contribution < 1.29 is 13.2 Å². The second-order valence-corrected chi connectivity index (χ2v) is 7.48. The lowest BCUT2D eigenvalue weighted by atomic mass is 10.2. The van der Waals surface area contributed by atoms with Crippen molar-refractivity contribution in [1.29, 1.82) is 0 Å². The van der Waals surface area contributed by atoms with Crippen molar-refractivity contribution in [2.24, 2.45) is 0 Å². The highest BCUT2D eigenvalue weighted by Gasteiger charge is 2.15. The van der Waals surface area contributed by atoms with Gasteiger partial charge in [0.2, 0.25) is 15.9 Å². The quantitative estimate of drug-likeness (QED) is 0.819. The van der Waals surface area contributed by atoms with E-state index in [-0.39, 0.29) is 23.9 Å². The Morgan fingerprint density at radius 1 is 1.12 bits per heavy atom. The van der Waals surface area contributed by atoms with E-state index >= 15 is 0 Å². The minimum atomic E-state index is -3.65. The van der Waals surface area contributed by atoms with Gasteiger partial charge in [-0.15, -0.1) is 0 Å². The summed E-state index contributed by atoms with van der Waals surface area (Å²) in [7, 11) is -3.65. The zero-order valence-corrected chi connectivity index (χ0v) is 14.8. The summed E-state index contributed by atoms with van der Waals surface area (Å²) < 4.78 is 26.9. The van der Waals surface area contributed by atoms with Crippen molar-refractivity contribution in [3.63, 3.8) is 0 Å². The van der Waals surface area contributed by atoms with Crippen molar-refractivity contribution in [1.82, 2.24) is 9.62 Å². The molecule has 0 aliphatic carbocycles. The van der Waals surface area contributed by atoms with E-state index < -0.39 is 10.0 Å². The molecule has 0 spiro atoms. The summed E-state index contributed by atoms with van der Waals surface area (Å²) in [4.78, 5) is 13.4. The molecule has 0 fully saturated rings. The minimum absolute atomic E-state index is 0.104. The molecule has 0 saturated carbocycles. The van der Waals surface area contributed by atoms with E-state index in [1.807, 2.05) is 30.3 Å². The maximum atomic E-state index is 12.2. The van der Waals surface area contributed by atoms with Crippen LogP contribution in [0.5, 0.6) is 0 Å². The van der Waals surface area contributed by atoms with Gasteiger partial charge in [-0.2, -0.15) is 0 Å². The van der Waals surface area contributed by atoms with Crippen molar-refractivity contribution >= 4 is 27.5 Å². The Morgan fingerprint density at radius 2 is 1.83 bits per heavy atom. The fourth-order valence-corrected chi connectivity index (χ4v) is 3.51. The van der Waals surface area contributed by atoms with Gasteiger partial charge < -0.3 is 4.90 Å². The van der Waals surface area contributed by atoms with Crippen LogP contribution in [0.1, 0.15) is 12.5 Å². The molecule has 1 amide bonds. The molecule has 2 aromatic rings. The fourth-order valence-electron chi connectivity index (χ4n) is 2.18. The van der Waals surface area contributed by atoms with Crippen LogP contribution in [0.3, 0.4) is 0 Å². The van der Waals surface area contributed by atoms with Crippen molar-refractivity contribution in [3.05, 3.63) is 65.2 Å². The lowest BCUT2D eigenvalue weighted by Gasteiger charge is -2.21. The number of sulfonamides is 1. The Labute approximate surface area is 147 Å². The predicted molar refractivity (Wildman–Crippen MR) is 94.2 cm³/mol. The molecule has 2 aromatic carbocycles. The Bertz CT molecular complexity index is 794. The van der Waals surface area contributed by atoms with E-state index in [0.717, 1.165) is 5.56 Å². The molecular formula is C17H19ClN2O3S. The third-order valence-electron chi connectivity index (χ3n) is 3.44. The first-order valence-corrected chi connectivity index (χ1v) is 9.29. The van der Waals surface area contributed by atoms with E-state index in [1.165, 1.54) is 19.1 Å². The third-order valence-corrected chi connectivity index (χ3v) is 5.14. The second kappa shape index (κ2) is 8.28. The monoisotopic (exact) mass is 366 g/mol. The maximum absolute atomic E-state index is 12.2. The molecule has 7 heteroatoms. The highest BCUT2D eigenvalue weighted by molar-refractivity contribution is 7.89. The first kappa shape index (κ1) is 18.4. The van der Waals surface area contributed by atoms with Gasteiger partial charge in [0.05, 0.1) is 4.90 Å². The summed E-state index contributed by atoms with van der Waals surface area (Å²) in [5.74, 6) is -0.110. The molecule has 0 aliphatic heterocycles. The Hall–Kier alpha value is -1.89. The fraction of sp³-hybridized carbons (Fsp3) is 0.235.